The van der Waals surface area contributed by atoms with Gasteiger partial charge in [-0.15, -0.1) is 5.92 Å². The zero-order valence-corrected chi connectivity index (χ0v) is 10.4. The van der Waals surface area contributed by atoms with Crippen LogP contribution in [-0.4, -0.2) is 19.2 Å². The van der Waals surface area contributed by atoms with Crippen molar-refractivity contribution in [3.63, 3.8) is 0 Å². The van der Waals surface area contributed by atoms with E-state index in [1.54, 1.807) is 0 Å². The predicted molar refractivity (Wildman–Crippen MR) is 70.2 cm³/mol. The van der Waals surface area contributed by atoms with E-state index in [1.165, 1.54) is 0 Å². The highest BCUT2D eigenvalue weighted by Gasteiger charge is 1.97. The average Bonchev–Trinajstić information content (AvgIpc) is 2.42. The molecule has 0 unspecified atom stereocenters. The molecule has 0 aromatic heterocycles. The summed E-state index contributed by atoms with van der Waals surface area (Å²) in [5.41, 5.74) is 1.15. The fraction of sp³-hybridized carbons (Fsp3) is 0.267. The topological polar surface area (TPSA) is 35.5 Å². The molecule has 0 saturated carbocycles. The molecule has 0 radical (unpaired) electrons. The van der Waals surface area contributed by atoms with Crippen LogP contribution in [0.3, 0.4) is 0 Å². The maximum atomic E-state index is 10.8. The second-order valence-electron chi connectivity index (χ2n) is 3.47. The van der Waals surface area contributed by atoms with Crippen LogP contribution in [0.4, 0.5) is 0 Å². The van der Waals surface area contributed by atoms with Gasteiger partial charge in [-0.2, -0.15) is 0 Å². The van der Waals surface area contributed by atoms with Gasteiger partial charge < -0.3 is 9.47 Å². The lowest BCUT2D eigenvalue weighted by Crippen LogP contribution is -2.10. The van der Waals surface area contributed by atoms with E-state index in [4.69, 9.17) is 9.47 Å². The minimum Gasteiger partial charge on any atom is -0.490 e. The molecule has 0 bridgehead atoms. The number of rotatable bonds is 6. The lowest BCUT2D eigenvalue weighted by molar-refractivity contribution is -0.138. The summed E-state index contributed by atoms with van der Waals surface area (Å²) in [5, 5.41) is 0. The van der Waals surface area contributed by atoms with E-state index in [0.717, 1.165) is 23.8 Å². The Bertz CT molecular complexity index is 449. The van der Waals surface area contributed by atoms with Crippen LogP contribution >= 0.6 is 0 Å². The molecule has 18 heavy (non-hydrogen) atoms. The van der Waals surface area contributed by atoms with Crippen LogP contribution in [0.15, 0.2) is 36.9 Å². The van der Waals surface area contributed by atoms with E-state index in [-0.39, 0.29) is 6.61 Å². The molecule has 0 atom stereocenters. The highest BCUT2D eigenvalue weighted by atomic mass is 16.6. The fourth-order valence-corrected chi connectivity index (χ4v) is 1.25. The molecular formula is C15H16O3. The van der Waals surface area contributed by atoms with Crippen molar-refractivity contribution in [1.29, 1.82) is 0 Å². The summed E-state index contributed by atoms with van der Waals surface area (Å²) in [6.45, 7) is 5.67. The van der Waals surface area contributed by atoms with E-state index < -0.39 is 5.97 Å². The smallest absolute Gasteiger partial charge is 0.330 e. The summed E-state index contributed by atoms with van der Waals surface area (Å²) in [4.78, 5) is 10.8. The van der Waals surface area contributed by atoms with Gasteiger partial charge in [-0.05, 0) is 24.6 Å². The van der Waals surface area contributed by atoms with Crippen LogP contribution in [0, 0.1) is 11.8 Å². The van der Waals surface area contributed by atoms with Crippen LogP contribution in [0.2, 0.25) is 0 Å². The monoisotopic (exact) mass is 244 g/mol. The van der Waals surface area contributed by atoms with Crippen molar-refractivity contribution in [2.75, 3.05) is 13.2 Å². The minimum absolute atomic E-state index is 0.216. The Morgan fingerprint density at radius 2 is 2.06 bits per heavy atom. The number of carbonyl (C=O) groups excluding carboxylic acids is 1. The molecule has 0 aliphatic carbocycles. The number of benzene rings is 1. The third-order valence-electron chi connectivity index (χ3n) is 2.16. The molecule has 1 aromatic carbocycles. The largest absolute Gasteiger partial charge is 0.490 e. The first-order chi connectivity index (χ1) is 8.76. The first kappa shape index (κ1) is 13.9. The molecule has 0 spiro atoms. The molecule has 0 saturated heterocycles. The van der Waals surface area contributed by atoms with Gasteiger partial charge in [-0.3, -0.25) is 0 Å². The summed E-state index contributed by atoms with van der Waals surface area (Å²) < 4.78 is 10.2. The lowest BCUT2D eigenvalue weighted by atomic mass is 10.1. The van der Waals surface area contributed by atoms with Gasteiger partial charge in [0.05, 0.1) is 0 Å². The lowest BCUT2D eigenvalue weighted by Gasteiger charge is -2.06. The molecule has 0 N–H and O–H groups in total. The standard InChI is InChI=1S/C15H16O3/c1-3-5-6-13-7-9-14(10-8-13)17-11-12-18-15(16)4-2/h4,7-10H,2,6,11-12H2,1H3. The first-order valence-electron chi connectivity index (χ1n) is 5.67. The van der Waals surface area contributed by atoms with E-state index in [2.05, 4.69) is 18.4 Å². The van der Waals surface area contributed by atoms with Crippen LogP contribution in [0.1, 0.15) is 12.5 Å². The quantitative estimate of drug-likeness (QED) is 0.333. The molecule has 0 amide bonds. The van der Waals surface area contributed by atoms with Crippen LogP contribution < -0.4 is 4.74 Å². The van der Waals surface area contributed by atoms with Gasteiger partial charge in [0.1, 0.15) is 19.0 Å². The van der Waals surface area contributed by atoms with Crippen LogP contribution in [0.25, 0.3) is 0 Å². The van der Waals surface area contributed by atoms with Crippen molar-refractivity contribution < 1.29 is 14.3 Å². The van der Waals surface area contributed by atoms with Crippen molar-refractivity contribution in [2.45, 2.75) is 13.3 Å². The number of hydrogen-bond acceptors (Lipinski definition) is 3. The second-order valence-corrected chi connectivity index (χ2v) is 3.47. The van der Waals surface area contributed by atoms with Gasteiger partial charge in [0, 0.05) is 12.5 Å². The fourth-order valence-electron chi connectivity index (χ4n) is 1.25. The summed E-state index contributed by atoms with van der Waals surface area (Å²) in [7, 11) is 0. The third-order valence-corrected chi connectivity index (χ3v) is 2.16. The number of carbonyl (C=O) groups is 1. The Hall–Kier alpha value is -2.21. The van der Waals surface area contributed by atoms with Gasteiger partial charge in [0.25, 0.3) is 0 Å². The normalized spacial score (nSPS) is 8.94. The number of hydrogen-bond donors (Lipinski definition) is 0. The molecule has 1 aromatic rings. The highest BCUT2D eigenvalue weighted by molar-refractivity contribution is 5.81. The van der Waals surface area contributed by atoms with Crippen molar-refractivity contribution in [2.24, 2.45) is 0 Å². The van der Waals surface area contributed by atoms with Gasteiger partial charge >= 0.3 is 5.97 Å². The SMILES string of the molecule is C=CC(=O)OCCOc1ccc(CC#CC)cc1. The van der Waals surface area contributed by atoms with Crippen molar-refractivity contribution >= 4 is 5.97 Å². The molecular weight excluding hydrogens is 228 g/mol. The van der Waals surface area contributed by atoms with Crippen molar-refractivity contribution in [3.05, 3.63) is 42.5 Å². The minimum atomic E-state index is -0.438. The van der Waals surface area contributed by atoms with E-state index >= 15 is 0 Å². The highest BCUT2D eigenvalue weighted by Crippen LogP contribution is 2.12. The Morgan fingerprint density at radius 1 is 1.33 bits per heavy atom. The molecule has 0 heterocycles. The van der Waals surface area contributed by atoms with Gasteiger partial charge in [-0.25, -0.2) is 4.79 Å². The summed E-state index contributed by atoms with van der Waals surface area (Å²) >= 11 is 0. The van der Waals surface area contributed by atoms with E-state index in [1.807, 2.05) is 31.2 Å². The van der Waals surface area contributed by atoms with Crippen LogP contribution in [0.5, 0.6) is 5.75 Å². The predicted octanol–water partition coefficient (Wildman–Crippen LogP) is 2.36. The van der Waals surface area contributed by atoms with Gasteiger partial charge in [0.15, 0.2) is 0 Å². The van der Waals surface area contributed by atoms with Crippen molar-refractivity contribution in [1.82, 2.24) is 0 Å². The Morgan fingerprint density at radius 3 is 2.67 bits per heavy atom. The van der Waals surface area contributed by atoms with Crippen LogP contribution in [-0.2, 0) is 16.0 Å². The Balaban J connectivity index is 2.32. The summed E-state index contributed by atoms with van der Waals surface area (Å²) in [5.74, 6) is 6.16. The number of ether oxygens (including phenoxy) is 2. The zero-order chi connectivity index (χ0) is 13.2. The second kappa shape index (κ2) is 7.97. The summed E-state index contributed by atoms with van der Waals surface area (Å²) in [6, 6.07) is 7.69. The average molecular weight is 244 g/mol. The van der Waals surface area contributed by atoms with E-state index in [9.17, 15) is 4.79 Å². The molecule has 94 valence electrons. The zero-order valence-electron chi connectivity index (χ0n) is 10.4. The molecule has 0 aliphatic heterocycles. The van der Waals surface area contributed by atoms with E-state index in [0.29, 0.717) is 6.61 Å². The number of esters is 1. The molecule has 0 aliphatic rings. The Kier molecular flexibility index (Phi) is 6.13. The maximum Gasteiger partial charge on any atom is 0.330 e. The molecule has 0 fully saturated rings. The maximum absolute atomic E-state index is 10.8. The molecule has 1 rings (SSSR count). The van der Waals surface area contributed by atoms with Gasteiger partial charge in [-0.1, -0.05) is 24.6 Å². The third kappa shape index (κ3) is 5.22. The summed E-state index contributed by atoms with van der Waals surface area (Å²) in [6.07, 6.45) is 1.87. The molecule has 3 heteroatoms. The van der Waals surface area contributed by atoms with Crippen molar-refractivity contribution in [3.8, 4) is 17.6 Å². The molecule has 3 nitrogen and oxygen atoms in total. The first-order valence-corrected chi connectivity index (χ1v) is 5.67. The Labute approximate surface area is 107 Å². The van der Waals surface area contributed by atoms with Gasteiger partial charge in [0.2, 0.25) is 0 Å².